The van der Waals surface area contributed by atoms with E-state index in [9.17, 15) is 9.59 Å². The lowest BCUT2D eigenvalue weighted by Gasteiger charge is -2.44. The van der Waals surface area contributed by atoms with Gasteiger partial charge in [-0.05, 0) is 61.7 Å². The maximum atomic E-state index is 13.4. The number of likely N-dealkylation sites (N-methyl/N-ethyl adjacent to an activating group) is 1. The number of carbonyl (C=O) groups excluding carboxylic acids is 2. The Bertz CT molecular complexity index is 1160. The molecule has 0 saturated carbocycles. The van der Waals surface area contributed by atoms with Gasteiger partial charge >= 0.3 is 0 Å². The second kappa shape index (κ2) is 9.07. The van der Waals surface area contributed by atoms with Gasteiger partial charge in [0.1, 0.15) is 5.54 Å². The van der Waals surface area contributed by atoms with Crippen LogP contribution in [0.15, 0.2) is 48.0 Å². The lowest BCUT2D eigenvalue weighted by atomic mass is 9.85. The van der Waals surface area contributed by atoms with Crippen molar-refractivity contribution in [2.45, 2.75) is 31.3 Å². The van der Waals surface area contributed by atoms with Crippen molar-refractivity contribution < 1.29 is 9.59 Å². The lowest BCUT2D eigenvalue weighted by molar-refractivity contribution is -0.130. The number of benzene rings is 2. The number of anilines is 1. The molecule has 1 aromatic heterocycles. The maximum Gasteiger partial charge on any atom is 0.252 e. The van der Waals surface area contributed by atoms with Crippen LogP contribution >= 0.6 is 11.3 Å². The second-order valence-corrected chi connectivity index (χ2v) is 9.04. The summed E-state index contributed by atoms with van der Waals surface area (Å²) in [6, 6.07) is 15.5. The first-order chi connectivity index (χ1) is 15.5. The Balaban J connectivity index is 1.49. The van der Waals surface area contributed by atoms with Crippen LogP contribution in [0.1, 0.15) is 36.9 Å². The molecule has 2 amide bonds. The Morgan fingerprint density at radius 3 is 2.66 bits per heavy atom. The highest BCUT2D eigenvalue weighted by atomic mass is 32.1. The van der Waals surface area contributed by atoms with Crippen molar-refractivity contribution in [3.63, 3.8) is 0 Å². The van der Waals surface area contributed by atoms with Crippen LogP contribution in [0.5, 0.6) is 0 Å². The smallest absolute Gasteiger partial charge is 0.252 e. The number of nitrogens with one attached hydrogen (secondary N) is 1. The molecule has 2 aromatic carbocycles. The van der Waals surface area contributed by atoms with E-state index < -0.39 is 5.54 Å². The van der Waals surface area contributed by atoms with E-state index in [0.717, 1.165) is 5.52 Å². The Labute approximate surface area is 191 Å². The molecule has 164 valence electrons. The molecule has 32 heavy (non-hydrogen) atoms. The molecule has 1 aliphatic heterocycles. The lowest BCUT2D eigenvalue weighted by Crippen LogP contribution is -2.62. The standard InChI is InChI=1S/C24H25N5O2S/c1-17(19-5-8-22-21(13-19)26-16-32-22)29-11-9-24(10-12-29,27-15-30)23(31)28(2)20-6-3-18(14-25)4-7-20/h3-8,13,15-17H,9-12H2,1-2H3,(H,27,30). The quantitative estimate of drug-likeness (QED) is 0.585. The third kappa shape index (κ3) is 4.09. The third-order valence-electron chi connectivity index (χ3n) is 6.47. The number of likely N-dealkylation sites (tertiary alicyclic amines) is 1. The van der Waals surface area contributed by atoms with Crippen molar-refractivity contribution in [2.75, 3.05) is 25.0 Å². The number of carbonyl (C=O) groups is 2. The first kappa shape index (κ1) is 21.9. The number of hydrogen-bond donors (Lipinski definition) is 1. The van der Waals surface area contributed by atoms with Crippen LogP contribution in [0, 0.1) is 11.3 Å². The van der Waals surface area contributed by atoms with Crippen LogP contribution in [-0.4, -0.2) is 47.9 Å². The third-order valence-corrected chi connectivity index (χ3v) is 7.28. The van der Waals surface area contributed by atoms with Crippen molar-refractivity contribution in [1.82, 2.24) is 15.2 Å². The summed E-state index contributed by atoms with van der Waals surface area (Å²) in [6.45, 7) is 3.53. The van der Waals surface area contributed by atoms with Gasteiger partial charge in [-0.25, -0.2) is 4.98 Å². The van der Waals surface area contributed by atoms with Gasteiger partial charge < -0.3 is 10.2 Å². The summed E-state index contributed by atoms with van der Waals surface area (Å²) in [4.78, 5) is 33.2. The van der Waals surface area contributed by atoms with Gasteiger partial charge in [0.05, 0.1) is 27.4 Å². The van der Waals surface area contributed by atoms with Gasteiger partial charge in [0.25, 0.3) is 5.91 Å². The largest absolute Gasteiger partial charge is 0.344 e. The van der Waals surface area contributed by atoms with E-state index >= 15 is 0 Å². The number of nitrogens with zero attached hydrogens (tertiary/aromatic N) is 4. The number of hydrogen-bond acceptors (Lipinski definition) is 6. The SMILES string of the molecule is CC(c1ccc2scnc2c1)N1CCC(NC=O)(C(=O)N(C)c2ccc(C#N)cc2)CC1. The molecule has 1 fully saturated rings. The normalized spacial score (nSPS) is 16.8. The maximum absolute atomic E-state index is 13.4. The van der Waals surface area contributed by atoms with Crippen LogP contribution < -0.4 is 10.2 Å². The zero-order chi connectivity index (χ0) is 22.7. The number of rotatable bonds is 6. The highest BCUT2D eigenvalue weighted by molar-refractivity contribution is 7.16. The Kier molecular flexibility index (Phi) is 6.21. The summed E-state index contributed by atoms with van der Waals surface area (Å²) < 4.78 is 1.17. The fraction of sp³-hybridized carbons (Fsp3) is 0.333. The summed E-state index contributed by atoms with van der Waals surface area (Å²) in [7, 11) is 1.70. The molecule has 1 aliphatic rings. The summed E-state index contributed by atoms with van der Waals surface area (Å²) >= 11 is 1.63. The number of nitriles is 1. The summed E-state index contributed by atoms with van der Waals surface area (Å²) in [5.74, 6) is -0.148. The molecule has 1 N–H and O–H groups in total. The van der Waals surface area contributed by atoms with Crippen LogP contribution in [0.2, 0.25) is 0 Å². The monoisotopic (exact) mass is 447 g/mol. The summed E-state index contributed by atoms with van der Waals surface area (Å²) in [5, 5.41) is 11.8. The number of aromatic nitrogens is 1. The Morgan fingerprint density at radius 1 is 1.28 bits per heavy atom. The average Bonchev–Trinajstić information content (AvgIpc) is 3.31. The molecular formula is C24H25N5O2S. The van der Waals surface area contributed by atoms with Gasteiger partial charge in [-0.2, -0.15) is 5.26 Å². The minimum Gasteiger partial charge on any atom is -0.344 e. The van der Waals surface area contributed by atoms with Crippen molar-refractivity contribution in [3.05, 3.63) is 59.1 Å². The van der Waals surface area contributed by atoms with Gasteiger partial charge in [-0.15, -0.1) is 11.3 Å². The van der Waals surface area contributed by atoms with Gasteiger partial charge in [0.2, 0.25) is 6.41 Å². The van der Waals surface area contributed by atoms with Crippen molar-refractivity contribution in [2.24, 2.45) is 0 Å². The van der Waals surface area contributed by atoms with Crippen LogP contribution in [0.25, 0.3) is 10.2 Å². The van der Waals surface area contributed by atoms with Crippen molar-refractivity contribution in [3.8, 4) is 6.07 Å². The van der Waals surface area contributed by atoms with E-state index in [1.54, 1.807) is 47.5 Å². The molecule has 2 heterocycles. The predicted molar refractivity (Wildman–Crippen MR) is 125 cm³/mol. The van der Waals surface area contributed by atoms with Gasteiger partial charge in [-0.3, -0.25) is 14.5 Å². The fourth-order valence-electron chi connectivity index (χ4n) is 4.37. The van der Waals surface area contributed by atoms with E-state index in [1.807, 2.05) is 5.51 Å². The van der Waals surface area contributed by atoms with Crippen molar-refractivity contribution in [1.29, 1.82) is 5.26 Å². The van der Waals surface area contributed by atoms with Gasteiger partial charge in [-0.1, -0.05) is 6.07 Å². The second-order valence-electron chi connectivity index (χ2n) is 8.16. The van der Waals surface area contributed by atoms with E-state index in [1.165, 1.54) is 10.3 Å². The topological polar surface area (TPSA) is 89.3 Å². The van der Waals surface area contributed by atoms with Gasteiger partial charge in [0.15, 0.2) is 0 Å². The Morgan fingerprint density at radius 2 is 2.00 bits per heavy atom. The first-order valence-electron chi connectivity index (χ1n) is 10.5. The predicted octanol–water partition coefficient (Wildman–Crippen LogP) is 3.47. The van der Waals surface area contributed by atoms with Crippen LogP contribution in [0.3, 0.4) is 0 Å². The number of piperidine rings is 1. The molecule has 0 bridgehead atoms. The number of thiazole rings is 1. The van der Waals surface area contributed by atoms with Crippen molar-refractivity contribution >= 4 is 39.6 Å². The average molecular weight is 448 g/mol. The van der Waals surface area contributed by atoms with E-state index in [2.05, 4.69) is 46.4 Å². The van der Waals surface area contributed by atoms with E-state index in [4.69, 9.17) is 5.26 Å². The highest BCUT2D eigenvalue weighted by Gasteiger charge is 2.43. The molecule has 3 aromatic rings. The first-order valence-corrected chi connectivity index (χ1v) is 11.4. The minimum absolute atomic E-state index is 0.148. The zero-order valence-electron chi connectivity index (χ0n) is 18.1. The summed E-state index contributed by atoms with van der Waals surface area (Å²) in [5.41, 5.74) is 4.34. The van der Waals surface area contributed by atoms with E-state index in [-0.39, 0.29) is 11.9 Å². The molecule has 1 atom stereocenters. The van der Waals surface area contributed by atoms with Crippen LogP contribution in [-0.2, 0) is 9.59 Å². The fourth-order valence-corrected chi connectivity index (χ4v) is 5.03. The minimum atomic E-state index is -0.945. The molecule has 1 unspecified atom stereocenters. The molecule has 4 rings (SSSR count). The van der Waals surface area contributed by atoms with Crippen LogP contribution in [0.4, 0.5) is 5.69 Å². The van der Waals surface area contributed by atoms with E-state index in [0.29, 0.717) is 43.6 Å². The molecule has 1 saturated heterocycles. The highest BCUT2D eigenvalue weighted by Crippen LogP contribution is 2.32. The molecule has 8 heteroatoms. The molecular weight excluding hydrogens is 422 g/mol. The Hall–Kier alpha value is -3.28. The number of amides is 2. The molecule has 0 radical (unpaired) electrons. The molecule has 7 nitrogen and oxygen atoms in total. The number of fused-ring (bicyclic) bond motifs is 1. The molecule has 0 aliphatic carbocycles. The zero-order valence-corrected chi connectivity index (χ0v) is 18.9. The summed E-state index contributed by atoms with van der Waals surface area (Å²) in [6.07, 6.45) is 1.67. The molecule has 0 spiro atoms. The van der Waals surface area contributed by atoms with Gasteiger partial charge in [0, 0.05) is 31.9 Å².